The number of hydrogen-bond donors (Lipinski definition) is 0. The zero-order chi connectivity index (χ0) is 15.7. The van der Waals surface area contributed by atoms with E-state index in [1.54, 1.807) is 6.07 Å². The number of nitrogens with zero attached hydrogens (tertiary/aromatic N) is 1. The zero-order valence-corrected chi connectivity index (χ0v) is 13.0. The lowest BCUT2D eigenvalue weighted by Gasteiger charge is -2.14. The van der Waals surface area contributed by atoms with Gasteiger partial charge in [-0.15, -0.1) is 0 Å². The van der Waals surface area contributed by atoms with Crippen LogP contribution in [-0.2, 0) is 7.05 Å². The Morgan fingerprint density at radius 2 is 1.68 bits per heavy atom. The fourth-order valence-corrected chi connectivity index (χ4v) is 2.66. The van der Waals surface area contributed by atoms with E-state index in [2.05, 4.69) is 4.57 Å². The number of ether oxygens (including phenoxy) is 1. The number of benzene rings is 2. The molecule has 0 aliphatic carbocycles. The lowest BCUT2D eigenvalue weighted by atomic mass is 10.1. The van der Waals surface area contributed by atoms with E-state index >= 15 is 0 Å². The Kier molecular flexibility index (Phi) is 3.72. The van der Waals surface area contributed by atoms with Crippen LogP contribution in [0.5, 0.6) is 5.75 Å². The summed E-state index contributed by atoms with van der Waals surface area (Å²) in [6, 6.07) is 17.2. The van der Waals surface area contributed by atoms with Crippen molar-refractivity contribution in [3.63, 3.8) is 0 Å². The van der Waals surface area contributed by atoms with E-state index in [4.69, 9.17) is 4.74 Å². The standard InChI is InChI=1S/C19H19NO2/c1-13(2)22-15-10-8-14(9-11-15)18-12-19(21)16-6-4-5-7-17(16)20(18)3/h4-13H,1-3H3. The predicted molar refractivity (Wildman–Crippen MR) is 90.4 cm³/mol. The number of aryl methyl sites for hydroxylation is 1. The maximum absolute atomic E-state index is 12.3. The maximum Gasteiger partial charge on any atom is 0.190 e. The Labute approximate surface area is 129 Å². The number of para-hydroxylation sites is 1. The van der Waals surface area contributed by atoms with Gasteiger partial charge in [0, 0.05) is 18.5 Å². The Morgan fingerprint density at radius 1 is 1.00 bits per heavy atom. The molecule has 3 aromatic rings. The van der Waals surface area contributed by atoms with Gasteiger partial charge in [0.25, 0.3) is 0 Å². The van der Waals surface area contributed by atoms with Crippen molar-refractivity contribution in [3.8, 4) is 17.0 Å². The van der Waals surface area contributed by atoms with Crippen LogP contribution in [0.15, 0.2) is 59.4 Å². The topological polar surface area (TPSA) is 31.2 Å². The number of hydrogen-bond acceptors (Lipinski definition) is 2. The molecular formula is C19H19NO2. The van der Waals surface area contributed by atoms with Crippen molar-refractivity contribution in [2.75, 3.05) is 0 Å². The number of aromatic nitrogens is 1. The molecule has 3 heteroatoms. The van der Waals surface area contributed by atoms with Gasteiger partial charge in [-0.2, -0.15) is 0 Å². The Hall–Kier alpha value is -2.55. The first-order valence-electron chi connectivity index (χ1n) is 7.42. The highest BCUT2D eigenvalue weighted by Crippen LogP contribution is 2.24. The average Bonchev–Trinajstić information content (AvgIpc) is 2.51. The monoisotopic (exact) mass is 293 g/mol. The van der Waals surface area contributed by atoms with Crippen LogP contribution < -0.4 is 10.2 Å². The fraction of sp³-hybridized carbons (Fsp3) is 0.211. The third-order valence-electron chi connectivity index (χ3n) is 3.68. The molecule has 0 bridgehead atoms. The minimum absolute atomic E-state index is 0.0474. The van der Waals surface area contributed by atoms with Crippen LogP contribution in [0.2, 0.25) is 0 Å². The second-order valence-electron chi connectivity index (χ2n) is 5.66. The van der Waals surface area contributed by atoms with Crippen molar-refractivity contribution in [2.45, 2.75) is 20.0 Å². The first-order chi connectivity index (χ1) is 10.6. The van der Waals surface area contributed by atoms with Crippen molar-refractivity contribution in [1.29, 1.82) is 0 Å². The highest BCUT2D eigenvalue weighted by atomic mass is 16.5. The molecule has 22 heavy (non-hydrogen) atoms. The van der Waals surface area contributed by atoms with Gasteiger partial charge in [0.15, 0.2) is 5.43 Å². The first kappa shape index (κ1) is 14.4. The summed E-state index contributed by atoms with van der Waals surface area (Å²) < 4.78 is 7.71. The molecule has 0 aliphatic rings. The van der Waals surface area contributed by atoms with Crippen LogP contribution in [0.1, 0.15) is 13.8 Å². The average molecular weight is 293 g/mol. The Bertz CT molecular complexity index is 861. The van der Waals surface area contributed by atoms with E-state index in [0.29, 0.717) is 0 Å². The maximum atomic E-state index is 12.3. The smallest absolute Gasteiger partial charge is 0.190 e. The van der Waals surface area contributed by atoms with Gasteiger partial charge in [-0.1, -0.05) is 12.1 Å². The van der Waals surface area contributed by atoms with E-state index < -0.39 is 0 Å². The summed E-state index contributed by atoms with van der Waals surface area (Å²) in [5, 5.41) is 0.744. The molecule has 0 amide bonds. The van der Waals surface area contributed by atoms with Gasteiger partial charge in [0.1, 0.15) is 5.75 Å². The molecule has 1 heterocycles. The molecule has 0 N–H and O–H groups in total. The number of pyridine rings is 1. The summed E-state index contributed by atoms with van der Waals surface area (Å²) in [6.07, 6.45) is 0.149. The molecule has 0 fully saturated rings. The van der Waals surface area contributed by atoms with Crippen LogP contribution >= 0.6 is 0 Å². The normalized spacial score (nSPS) is 11.1. The molecule has 0 saturated carbocycles. The molecule has 0 radical (unpaired) electrons. The van der Waals surface area contributed by atoms with Crippen molar-refractivity contribution in [3.05, 3.63) is 64.8 Å². The van der Waals surface area contributed by atoms with Gasteiger partial charge in [0.2, 0.25) is 0 Å². The van der Waals surface area contributed by atoms with E-state index in [1.807, 2.05) is 69.4 Å². The van der Waals surface area contributed by atoms with Gasteiger partial charge < -0.3 is 9.30 Å². The zero-order valence-electron chi connectivity index (χ0n) is 13.0. The van der Waals surface area contributed by atoms with Gasteiger partial charge in [0.05, 0.1) is 17.3 Å². The van der Waals surface area contributed by atoms with Crippen LogP contribution in [0.4, 0.5) is 0 Å². The van der Waals surface area contributed by atoms with E-state index in [-0.39, 0.29) is 11.5 Å². The van der Waals surface area contributed by atoms with Gasteiger partial charge in [-0.25, -0.2) is 0 Å². The highest BCUT2D eigenvalue weighted by molar-refractivity contribution is 5.82. The van der Waals surface area contributed by atoms with Crippen molar-refractivity contribution < 1.29 is 4.74 Å². The third kappa shape index (κ3) is 2.62. The summed E-state index contributed by atoms with van der Waals surface area (Å²) >= 11 is 0. The molecular weight excluding hydrogens is 274 g/mol. The Morgan fingerprint density at radius 3 is 2.36 bits per heavy atom. The van der Waals surface area contributed by atoms with E-state index in [9.17, 15) is 4.79 Å². The summed E-state index contributed by atoms with van der Waals surface area (Å²) in [5.41, 5.74) is 2.89. The summed E-state index contributed by atoms with van der Waals surface area (Å²) in [4.78, 5) is 12.3. The van der Waals surface area contributed by atoms with Crippen LogP contribution in [0, 0.1) is 0 Å². The van der Waals surface area contributed by atoms with Crippen molar-refractivity contribution in [1.82, 2.24) is 4.57 Å². The molecule has 3 nitrogen and oxygen atoms in total. The molecule has 1 aromatic heterocycles. The molecule has 112 valence electrons. The van der Waals surface area contributed by atoms with E-state index in [1.165, 1.54) is 0 Å². The molecule has 3 rings (SSSR count). The lowest BCUT2D eigenvalue weighted by molar-refractivity contribution is 0.242. The lowest BCUT2D eigenvalue weighted by Crippen LogP contribution is -2.09. The van der Waals surface area contributed by atoms with Crippen molar-refractivity contribution >= 4 is 10.9 Å². The quantitative estimate of drug-likeness (QED) is 0.731. The largest absolute Gasteiger partial charge is 0.491 e. The molecule has 0 spiro atoms. The van der Waals surface area contributed by atoms with Crippen LogP contribution in [-0.4, -0.2) is 10.7 Å². The summed E-state index contributed by atoms with van der Waals surface area (Å²) in [7, 11) is 1.98. The predicted octanol–water partition coefficient (Wildman–Crippen LogP) is 3.99. The highest BCUT2D eigenvalue weighted by Gasteiger charge is 2.08. The molecule has 2 aromatic carbocycles. The molecule has 0 atom stereocenters. The fourth-order valence-electron chi connectivity index (χ4n) is 2.66. The minimum Gasteiger partial charge on any atom is -0.491 e. The second-order valence-corrected chi connectivity index (χ2v) is 5.66. The second kappa shape index (κ2) is 5.68. The number of fused-ring (bicyclic) bond motifs is 1. The van der Waals surface area contributed by atoms with Crippen LogP contribution in [0.3, 0.4) is 0 Å². The van der Waals surface area contributed by atoms with E-state index in [0.717, 1.165) is 27.9 Å². The van der Waals surface area contributed by atoms with Gasteiger partial charge in [-0.05, 0) is 55.8 Å². The van der Waals surface area contributed by atoms with Gasteiger partial charge >= 0.3 is 0 Å². The number of rotatable bonds is 3. The SMILES string of the molecule is CC(C)Oc1ccc(-c2cc(=O)c3ccccc3n2C)cc1. The first-order valence-corrected chi connectivity index (χ1v) is 7.42. The van der Waals surface area contributed by atoms with Crippen molar-refractivity contribution in [2.24, 2.45) is 7.05 Å². The van der Waals surface area contributed by atoms with Crippen LogP contribution in [0.25, 0.3) is 22.2 Å². The van der Waals surface area contributed by atoms with Gasteiger partial charge in [-0.3, -0.25) is 4.79 Å². The third-order valence-corrected chi connectivity index (χ3v) is 3.68. The Balaban J connectivity index is 2.10. The summed E-state index contributed by atoms with van der Waals surface area (Å²) in [5.74, 6) is 0.838. The molecule has 0 aliphatic heterocycles. The minimum atomic E-state index is 0.0474. The summed E-state index contributed by atoms with van der Waals surface area (Å²) in [6.45, 7) is 4.00. The molecule has 0 unspecified atom stereocenters. The molecule has 0 saturated heterocycles.